The fourth-order valence-electron chi connectivity index (χ4n) is 5.45. The molecule has 13 heteroatoms. The van der Waals surface area contributed by atoms with Gasteiger partial charge in [0.2, 0.25) is 12.2 Å². The van der Waals surface area contributed by atoms with Crippen molar-refractivity contribution in [1.82, 2.24) is 4.90 Å². The summed E-state index contributed by atoms with van der Waals surface area (Å²) in [5, 5.41) is 20.6. The lowest BCUT2D eigenvalue weighted by atomic mass is 9.92. The Morgan fingerprint density at radius 2 is 1.54 bits per heavy atom. The van der Waals surface area contributed by atoms with Crippen molar-refractivity contribution in [2.45, 2.75) is 103 Å². The number of hydrogen-bond donors (Lipinski definition) is 3. The van der Waals surface area contributed by atoms with Crippen LogP contribution in [0.2, 0.25) is 0 Å². The fraction of sp³-hybridized carbons (Fsp3) is 0.571. The average Bonchev–Trinajstić information content (AvgIpc) is 3.06. The van der Waals surface area contributed by atoms with Crippen molar-refractivity contribution in [2.75, 3.05) is 19.7 Å². The number of rotatable bonds is 21. The van der Waals surface area contributed by atoms with Gasteiger partial charge in [0, 0.05) is 50.3 Å². The molecule has 1 fully saturated rings. The van der Waals surface area contributed by atoms with E-state index in [1.807, 2.05) is 37.3 Å². The van der Waals surface area contributed by atoms with Gasteiger partial charge < -0.3 is 24.6 Å². The van der Waals surface area contributed by atoms with Crippen LogP contribution in [-0.2, 0) is 35.3 Å². The van der Waals surface area contributed by atoms with Gasteiger partial charge in [0.25, 0.3) is 0 Å². The normalized spacial score (nSPS) is 21.1. The Kier molecular flexibility index (Phi) is 16.1. The van der Waals surface area contributed by atoms with E-state index in [4.69, 9.17) is 14.0 Å². The Labute approximate surface area is 283 Å². The number of unbranched alkanes of at least 4 members (excludes halogenated alkanes) is 4. The van der Waals surface area contributed by atoms with Gasteiger partial charge in [-0.25, -0.2) is 4.18 Å². The summed E-state index contributed by atoms with van der Waals surface area (Å²) < 4.78 is 46.4. The maximum Gasteiger partial charge on any atom is 0.397 e. The van der Waals surface area contributed by atoms with E-state index in [9.17, 15) is 33.0 Å². The Morgan fingerprint density at radius 3 is 2.21 bits per heavy atom. The van der Waals surface area contributed by atoms with Crippen molar-refractivity contribution < 1.29 is 51.2 Å². The molecule has 0 radical (unpaired) electrons. The number of nitrogens with zero attached hydrogens (tertiary/aromatic N) is 1. The summed E-state index contributed by atoms with van der Waals surface area (Å²) in [6, 6.07) is 16.0. The molecule has 1 aliphatic rings. The predicted molar refractivity (Wildman–Crippen MR) is 178 cm³/mol. The van der Waals surface area contributed by atoms with E-state index < -0.39 is 47.5 Å². The molecule has 0 aromatic heterocycles. The maximum absolute atomic E-state index is 12.9. The highest BCUT2D eigenvalue weighted by molar-refractivity contribution is 7.80. The number of carbonyl (C=O) groups is 3. The number of aliphatic hydroxyl groups is 2. The van der Waals surface area contributed by atoms with Gasteiger partial charge in [0.1, 0.15) is 23.7 Å². The van der Waals surface area contributed by atoms with Crippen LogP contribution in [-0.4, -0.2) is 89.9 Å². The Hall–Kier alpha value is -3.20. The number of amides is 1. The van der Waals surface area contributed by atoms with Gasteiger partial charge in [-0.15, -0.1) is 0 Å². The summed E-state index contributed by atoms with van der Waals surface area (Å²) in [4.78, 5) is 39.8. The first-order valence-corrected chi connectivity index (χ1v) is 18.0. The first-order chi connectivity index (χ1) is 22.9. The average molecular weight is 692 g/mol. The molecule has 2 aromatic rings. The van der Waals surface area contributed by atoms with Crippen molar-refractivity contribution in [2.24, 2.45) is 5.92 Å². The minimum absolute atomic E-state index is 0.0144. The van der Waals surface area contributed by atoms with Gasteiger partial charge in [-0.3, -0.25) is 18.9 Å². The van der Waals surface area contributed by atoms with Crippen LogP contribution in [0.4, 0.5) is 0 Å². The molecule has 3 N–H and O–H groups in total. The lowest BCUT2D eigenvalue weighted by molar-refractivity contribution is -0.255. The summed E-state index contributed by atoms with van der Waals surface area (Å²) in [7, 11) is -4.77. The van der Waals surface area contributed by atoms with Crippen LogP contribution in [0.25, 0.3) is 0 Å². The zero-order chi connectivity index (χ0) is 35.1. The van der Waals surface area contributed by atoms with Crippen molar-refractivity contribution in [3.05, 3.63) is 65.7 Å². The number of ketones is 2. The zero-order valence-electron chi connectivity index (χ0n) is 27.7. The van der Waals surface area contributed by atoms with Gasteiger partial charge in [0.15, 0.2) is 5.78 Å². The zero-order valence-corrected chi connectivity index (χ0v) is 28.6. The summed E-state index contributed by atoms with van der Waals surface area (Å²) in [5.74, 6) is -0.150. The second-order valence-electron chi connectivity index (χ2n) is 12.3. The molecule has 3 rings (SSSR count). The SMILES string of the molecule is CCCCC(=O)N(CCCCCCC(=O)c1ccccc1)CCC(=O)Cc1ccc(OC2OC(COS(=O)(=O)O)C(O)C(O)C2C)cc1. The third-order valence-electron chi connectivity index (χ3n) is 8.40. The standard InChI is InChI=1S/C35H49NO11S/c1-3-4-15-32(39)36(21-11-6-5-10-14-30(38)27-12-8-7-9-13-27)22-20-28(37)23-26-16-18-29(19-17-26)46-35-25(2)33(40)34(41)31(47-35)24-45-48(42,43)44/h7-9,12-13,16-19,25,31,33-35,40-41H,3-6,10-11,14-15,20-24H2,1-2H3,(H,42,43,44). The molecule has 0 spiro atoms. The summed E-state index contributed by atoms with van der Waals surface area (Å²) in [6.45, 7) is 3.83. The van der Waals surface area contributed by atoms with Crippen LogP contribution in [0.3, 0.4) is 0 Å². The van der Waals surface area contributed by atoms with Gasteiger partial charge in [-0.05, 0) is 37.0 Å². The van der Waals surface area contributed by atoms with Crippen LogP contribution < -0.4 is 4.74 Å². The van der Waals surface area contributed by atoms with E-state index >= 15 is 0 Å². The van der Waals surface area contributed by atoms with E-state index in [0.717, 1.165) is 49.7 Å². The van der Waals surface area contributed by atoms with E-state index in [0.29, 0.717) is 31.7 Å². The molecule has 2 aromatic carbocycles. The van der Waals surface area contributed by atoms with Crippen molar-refractivity contribution in [1.29, 1.82) is 0 Å². The lowest BCUT2D eigenvalue weighted by Gasteiger charge is -2.40. The lowest BCUT2D eigenvalue weighted by Crippen LogP contribution is -2.56. The molecular formula is C35H49NO11S. The van der Waals surface area contributed by atoms with Crippen LogP contribution in [0.1, 0.15) is 87.6 Å². The van der Waals surface area contributed by atoms with Crippen LogP contribution in [0.5, 0.6) is 5.75 Å². The summed E-state index contributed by atoms with van der Waals surface area (Å²) in [6.07, 6.45) is 1.34. The molecule has 266 valence electrons. The van der Waals surface area contributed by atoms with E-state index in [2.05, 4.69) is 4.18 Å². The number of ether oxygens (including phenoxy) is 2. The Bertz CT molecular complexity index is 1400. The molecule has 48 heavy (non-hydrogen) atoms. The molecule has 1 aliphatic heterocycles. The highest BCUT2D eigenvalue weighted by Crippen LogP contribution is 2.29. The number of carbonyl (C=O) groups excluding carboxylic acids is 3. The second-order valence-corrected chi connectivity index (χ2v) is 13.4. The molecule has 0 saturated carbocycles. The number of aliphatic hydroxyl groups excluding tert-OH is 2. The van der Waals surface area contributed by atoms with Crippen molar-refractivity contribution >= 4 is 27.9 Å². The highest BCUT2D eigenvalue weighted by Gasteiger charge is 2.44. The molecule has 1 heterocycles. The molecule has 12 nitrogen and oxygen atoms in total. The molecule has 0 aliphatic carbocycles. The van der Waals surface area contributed by atoms with Crippen LogP contribution >= 0.6 is 0 Å². The minimum Gasteiger partial charge on any atom is -0.465 e. The largest absolute Gasteiger partial charge is 0.465 e. The smallest absolute Gasteiger partial charge is 0.397 e. The highest BCUT2D eigenvalue weighted by atomic mass is 32.3. The quantitative estimate of drug-likeness (QED) is 0.0965. The summed E-state index contributed by atoms with van der Waals surface area (Å²) in [5.41, 5.74) is 1.47. The first kappa shape index (κ1) is 39.2. The third kappa shape index (κ3) is 13.4. The summed E-state index contributed by atoms with van der Waals surface area (Å²) >= 11 is 0. The van der Waals surface area contributed by atoms with Gasteiger partial charge >= 0.3 is 10.4 Å². The number of Topliss-reactive ketones (excluding diaryl/α,β-unsaturated/α-hetero) is 2. The third-order valence-corrected chi connectivity index (χ3v) is 8.83. The minimum atomic E-state index is -4.77. The van der Waals surface area contributed by atoms with Crippen LogP contribution in [0.15, 0.2) is 54.6 Å². The second kappa shape index (κ2) is 19.7. The Balaban J connectivity index is 1.45. The van der Waals surface area contributed by atoms with Crippen molar-refractivity contribution in [3.63, 3.8) is 0 Å². The Morgan fingerprint density at radius 1 is 0.854 bits per heavy atom. The number of hydrogen-bond acceptors (Lipinski definition) is 10. The van der Waals surface area contributed by atoms with E-state index in [1.54, 1.807) is 36.1 Å². The molecule has 1 amide bonds. The molecule has 1 saturated heterocycles. The fourth-order valence-corrected chi connectivity index (χ4v) is 5.75. The van der Waals surface area contributed by atoms with Gasteiger partial charge in [-0.2, -0.15) is 8.42 Å². The molecule has 0 bridgehead atoms. The predicted octanol–water partition coefficient (Wildman–Crippen LogP) is 4.32. The monoisotopic (exact) mass is 691 g/mol. The topological polar surface area (TPSA) is 177 Å². The van der Waals surface area contributed by atoms with Crippen molar-refractivity contribution in [3.8, 4) is 5.75 Å². The number of benzene rings is 2. The molecule has 5 unspecified atom stereocenters. The van der Waals surface area contributed by atoms with Crippen LogP contribution in [0, 0.1) is 5.92 Å². The molecular weight excluding hydrogens is 642 g/mol. The maximum atomic E-state index is 12.9. The van der Waals surface area contributed by atoms with E-state index in [-0.39, 0.29) is 30.3 Å². The molecule has 5 atom stereocenters. The first-order valence-electron chi connectivity index (χ1n) is 16.6. The van der Waals surface area contributed by atoms with Gasteiger partial charge in [-0.1, -0.05) is 75.6 Å². The van der Waals surface area contributed by atoms with E-state index in [1.165, 1.54) is 0 Å². The van der Waals surface area contributed by atoms with Gasteiger partial charge in [0.05, 0.1) is 12.7 Å².